The lowest BCUT2D eigenvalue weighted by Crippen LogP contribution is -2.57. The minimum atomic E-state index is -0.631. The first-order valence-electron chi connectivity index (χ1n) is 9.90. The van der Waals surface area contributed by atoms with Crippen LogP contribution in [0, 0.1) is 34.5 Å². The van der Waals surface area contributed by atoms with Crippen molar-refractivity contribution in [3.05, 3.63) is 11.6 Å². The molecule has 0 bridgehead atoms. The molecule has 7 atom stereocenters. The summed E-state index contributed by atoms with van der Waals surface area (Å²) in [6.45, 7) is 2.85. The molecular weight excluding hydrogens is 300 g/mol. The predicted molar refractivity (Wildman–Crippen MR) is 91.4 cm³/mol. The molecule has 4 fully saturated rings. The Labute approximate surface area is 144 Å². The normalized spacial score (nSPS) is 55.1. The lowest BCUT2D eigenvalue weighted by molar-refractivity contribution is -0.167. The number of methoxy groups -OCH3 is 1. The number of rotatable bonds is 2. The summed E-state index contributed by atoms with van der Waals surface area (Å²) >= 11 is 0. The van der Waals surface area contributed by atoms with Crippen LogP contribution in [0.4, 0.5) is 0 Å². The van der Waals surface area contributed by atoms with E-state index in [0.29, 0.717) is 29.6 Å². The van der Waals surface area contributed by atoms with Gasteiger partial charge >= 0.3 is 0 Å². The van der Waals surface area contributed by atoms with Crippen molar-refractivity contribution in [2.45, 2.75) is 63.9 Å². The van der Waals surface area contributed by atoms with Crippen molar-refractivity contribution < 1.29 is 14.6 Å². The van der Waals surface area contributed by atoms with Crippen molar-refractivity contribution in [2.24, 2.45) is 34.5 Å². The molecule has 3 unspecified atom stereocenters. The van der Waals surface area contributed by atoms with Crippen LogP contribution < -0.4 is 0 Å². The summed E-state index contributed by atoms with van der Waals surface area (Å²) in [6.07, 6.45) is 10.8. The van der Waals surface area contributed by atoms with Crippen molar-refractivity contribution in [3.8, 4) is 0 Å². The summed E-state index contributed by atoms with van der Waals surface area (Å²) in [5.41, 5.74) is 1.20. The van der Waals surface area contributed by atoms with Gasteiger partial charge in [0.15, 0.2) is 5.78 Å². The molecule has 0 aliphatic heterocycles. The Hall–Kier alpha value is -0.670. The largest absolute Gasteiger partial charge is 0.387 e. The SMILES string of the molecule is COCC1(O)CC2CC23[C@@H]2CCC4=CC(=O)CC[C@@H]4[C@H]2CC[C@]13C. The Bertz CT molecular complexity index is 625. The van der Waals surface area contributed by atoms with E-state index in [1.165, 1.54) is 24.8 Å². The molecule has 0 saturated heterocycles. The highest BCUT2D eigenvalue weighted by molar-refractivity contribution is 5.91. The van der Waals surface area contributed by atoms with E-state index < -0.39 is 5.60 Å². The molecule has 1 N–H and O–H groups in total. The van der Waals surface area contributed by atoms with Gasteiger partial charge in [0, 0.05) is 18.9 Å². The zero-order valence-electron chi connectivity index (χ0n) is 15.0. The fourth-order valence-electron chi connectivity index (χ4n) is 8.06. The van der Waals surface area contributed by atoms with Crippen LogP contribution in [0.15, 0.2) is 11.6 Å². The number of carbonyl (C=O) groups excluding carboxylic acids is 1. The topological polar surface area (TPSA) is 46.5 Å². The molecule has 5 rings (SSSR count). The zero-order valence-corrected chi connectivity index (χ0v) is 15.0. The van der Waals surface area contributed by atoms with Gasteiger partial charge in [0.05, 0.1) is 12.2 Å². The number of ketones is 1. The number of allylic oxidation sites excluding steroid dienone is 1. The fraction of sp³-hybridized carbons (Fsp3) is 0.857. The standard InChI is InChI=1S/C21H30O3/c1-19-8-7-17-16-5-4-15(22)9-13(16)3-6-18(17)21(19)11-14(21)10-20(19,23)12-24-2/h9,14,16-18,23H,3-8,10-12H2,1-2H3/t14?,16-,17+,18+,19+,20?,21?/m0/s1. The summed E-state index contributed by atoms with van der Waals surface area (Å²) < 4.78 is 5.45. The molecule has 0 radical (unpaired) electrons. The highest BCUT2D eigenvalue weighted by Crippen LogP contribution is 2.83. The van der Waals surface area contributed by atoms with Gasteiger partial charge in [-0.3, -0.25) is 4.79 Å². The van der Waals surface area contributed by atoms with Crippen LogP contribution >= 0.6 is 0 Å². The monoisotopic (exact) mass is 330 g/mol. The number of hydrogen-bond acceptors (Lipinski definition) is 3. The van der Waals surface area contributed by atoms with E-state index >= 15 is 0 Å². The van der Waals surface area contributed by atoms with E-state index in [-0.39, 0.29) is 5.41 Å². The predicted octanol–water partition coefficient (Wildman–Crippen LogP) is 3.51. The van der Waals surface area contributed by atoms with E-state index in [0.717, 1.165) is 43.9 Å². The zero-order chi connectivity index (χ0) is 16.7. The van der Waals surface area contributed by atoms with Gasteiger partial charge in [0.1, 0.15) is 0 Å². The molecule has 3 heteroatoms. The molecule has 0 aromatic heterocycles. The molecule has 5 aliphatic carbocycles. The molecule has 0 heterocycles. The van der Waals surface area contributed by atoms with Crippen molar-refractivity contribution in [2.75, 3.05) is 13.7 Å². The highest BCUT2D eigenvalue weighted by Gasteiger charge is 2.81. The Morgan fingerprint density at radius 1 is 1.25 bits per heavy atom. The summed E-state index contributed by atoms with van der Waals surface area (Å²) in [6, 6.07) is 0. The maximum atomic E-state index is 11.8. The van der Waals surface area contributed by atoms with Gasteiger partial charge in [-0.15, -0.1) is 0 Å². The van der Waals surface area contributed by atoms with E-state index in [4.69, 9.17) is 4.74 Å². The second-order valence-corrected chi connectivity index (χ2v) is 9.62. The molecule has 4 saturated carbocycles. The van der Waals surface area contributed by atoms with E-state index in [1.807, 2.05) is 6.08 Å². The molecule has 1 spiro atoms. The van der Waals surface area contributed by atoms with Crippen LogP contribution in [-0.4, -0.2) is 30.2 Å². The maximum absolute atomic E-state index is 11.8. The van der Waals surface area contributed by atoms with Crippen LogP contribution in [0.25, 0.3) is 0 Å². The number of carbonyl (C=O) groups is 1. The average molecular weight is 330 g/mol. The maximum Gasteiger partial charge on any atom is 0.155 e. The van der Waals surface area contributed by atoms with Gasteiger partial charge < -0.3 is 9.84 Å². The first-order valence-corrected chi connectivity index (χ1v) is 9.90. The summed E-state index contributed by atoms with van der Waals surface area (Å²) in [5, 5.41) is 11.4. The van der Waals surface area contributed by atoms with E-state index in [2.05, 4.69) is 6.92 Å². The van der Waals surface area contributed by atoms with Crippen LogP contribution in [0.5, 0.6) is 0 Å². The fourth-order valence-corrected chi connectivity index (χ4v) is 8.06. The summed E-state index contributed by atoms with van der Waals surface area (Å²) in [5.74, 6) is 3.20. The second-order valence-electron chi connectivity index (χ2n) is 9.62. The highest BCUT2D eigenvalue weighted by atomic mass is 16.5. The van der Waals surface area contributed by atoms with Gasteiger partial charge in [-0.05, 0) is 80.1 Å². The van der Waals surface area contributed by atoms with Gasteiger partial charge in [-0.25, -0.2) is 0 Å². The molecule has 0 aromatic carbocycles. The lowest BCUT2D eigenvalue weighted by Gasteiger charge is -2.58. The Morgan fingerprint density at radius 3 is 2.88 bits per heavy atom. The summed E-state index contributed by atoms with van der Waals surface area (Å²) in [7, 11) is 1.72. The minimum Gasteiger partial charge on any atom is -0.387 e. The van der Waals surface area contributed by atoms with Crippen LogP contribution in [0.2, 0.25) is 0 Å². The van der Waals surface area contributed by atoms with Crippen LogP contribution in [0.3, 0.4) is 0 Å². The smallest absolute Gasteiger partial charge is 0.155 e. The van der Waals surface area contributed by atoms with Crippen molar-refractivity contribution in [1.82, 2.24) is 0 Å². The molecule has 0 amide bonds. The van der Waals surface area contributed by atoms with E-state index in [9.17, 15) is 9.90 Å². The second kappa shape index (κ2) is 4.73. The molecular formula is C21H30O3. The minimum absolute atomic E-state index is 0.0214. The molecule has 5 aliphatic rings. The molecule has 3 nitrogen and oxygen atoms in total. The number of aliphatic hydroxyl groups is 1. The third-order valence-corrected chi connectivity index (χ3v) is 9.12. The van der Waals surface area contributed by atoms with E-state index in [1.54, 1.807) is 7.11 Å². The van der Waals surface area contributed by atoms with Crippen LogP contribution in [-0.2, 0) is 9.53 Å². The Kier molecular flexibility index (Phi) is 3.07. The molecule has 132 valence electrons. The van der Waals surface area contributed by atoms with Gasteiger partial charge in [-0.2, -0.15) is 0 Å². The third kappa shape index (κ3) is 1.64. The summed E-state index contributed by atoms with van der Waals surface area (Å²) in [4.78, 5) is 11.8. The number of ether oxygens (including phenoxy) is 1. The number of hydrogen-bond donors (Lipinski definition) is 1. The first kappa shape index (κ1) is 15.6. The first-order chi connectivity index (χ1) is 11.5. The number of fused-ring (bicyclic) bond motifs is 3. The Balaban J connectivity index is 1.50. The molecule has 0 aromatic rings. The molecule has 24 heavy (non-hydrogen) atoms. The van der Waals surface area contributed by atoms with Gasteiger partial charge in [-0.1, -0.05) is 12.5 Å². The van der Waals surface area contributed by atoms with Crippen molar-refractivity contribution in [1.29, 1.82) is 0 Å². The van der Waals surface area contributed by atoms with Crippen molar-refractivity contribution >= 4 is 5.78 Å². The average Bonchev–Trinajstić information content (AvgIpc) is 3.20. The lowest BCUT2D eigenvalue weighted by atomic mass is 9.48. The quantitative estimate of drug-likeness (QED) is 0.843. The third-order valence-electron chi connectivity index (χ3n) is 9.12. The van der Waals surface area contributed by atoms with Crippen LogP contribution in [0.1, 0.15) is 58.3 Å². The Morgan fingerprint density at radius 2 is 2.08 bits per heavy atom. The van der Waals surface area contributed by atoms with Crippen molar-refractivity contribution in [3.63, 3.8) is 0 Å². The van der Waals surface area contributed by atoms with Gasteiger partial charge in [0.2, 0.25) is 0 Å². The van der Waals surface area contributed by atoms with Gasteiger partial charge in [0.25, 0.3) is 0 Å².